The maximum absolute atomic E-state index is 12.0. The molecule has 1 saturated heterocycles. The van der Waals surface area contributed by atoms with E-state index in [1.165, 1.54) is 0 Å². The monoisotopic (exact) mass is 444 g/mol. The van der Waals surface area contributed by atoms with Gasteiger partial charge in [0, 0.05) is 18.1 Å². The van der Waals surface area contributed by atoms with Gasteiger partial charge in [-0.25, -0.2) is 4.79 Å². The number of rotatable bonds is 7. The van der Waals surface area contributed by atoms with Gasteiger partial charge >= 0.3 is 6.03 Å². The number of benzene rings is 1. The van der Waals surface area contributed by atoms with E-state index in [9.17, 15) is 14.4 Å². The molecule has 0 atom stereocenters. The smallest absolute Gasteiger partial charge is 0.328 e. The number of azo groups is 1. The van der Waals surface area contributed by atoms with Crippen molar-refractivity contribution in [2.75, 3.05) is 10.6 Å². The van der Waals surface area contributed by atoms with E-state index < -0.39 is 23.9 Å². The Hall–Kier alpha value is -4.67. The molecule has 4 N–H and O–H groups in total. The second kappa shape index (κ2) is 9.64. The molecule has 4 amide bonds. The molecule has 11 nitrogen and oxygen atoms in total. The van der Waals surface area contributed by atoms with Gasteiger partial charge in [0.2, 0.25) is 6.04 Å². The van der Waals surface area contributed by atoms with Crippen molar-refractivity contribution >= 4 is 34.9 Å². The van der Waals surface area contributed by atoms with E-state index in [1.807, 2.05) is 51.9 Å². The van der Waals surface area contributed by atoms with Crippen LogP contribution in [0.15, 0.2) is 77.2 Å². The topological polar surface area (TPSA) is 155 Å². The van der Waals surface area contributed by atoms with Crippen LogP contribution in [-0.4, -0.2) is 33.9 Å². The van der Waals surface area contributed by atoms with E-state index in [-0.39, 0.29) is 0 Å². The predicted octanol–water partition coefficient (Wildman–Crippen LogP) is 2.08. The first-order valence-electron chi connectivity index (χ1n) is 10.0. The lowest BCUT2D eigenvalue weighted by Gasteiger charge is -2.25. The molecule has 33 heavy (non-hydrogen) atoms. The van der Waals surface area contributed by atoms with Crippen LogP contribution >= 0.6 is 0 Å². The number of nitrogens with zero attached hydrogens (tertiary/aromatic N) is 5. The molecule has 0 saturated carbocycles. The number of nitrogen functional groups attached to an aromatic ring is 1. The summed E-state index contributed by atoms with van der Waals surface area (Å²) >= 11 is 0. The quantitative estimate of drug-likeness (QED) is 0.286. The Morgan fingerprint density at radius 2 is 1.48 bits per heavy atom. The maximum Gasteiger partial charge on any atom is 0.328 e. The maximum atomic E-state index is 12.0. The average molecular weight is 444 g/mol. The lowest BCUT2D eigenvalue weighted by Crippen LogP contribution is -2.57. The summed E-state index contributed by atoms with van der Waals surface area (Å²) in [5.74, 6) is -1.70. The third-order valence-corrected chi connectivity index (χ3v) is 4.75. The van der Waals surface area contributed by atoms with Crippen molar-refractivity contribution in [3.8, 4) is 0 Å². The third kappa shape index (κ3) is 5.34. The number of hydrogen-bond donors (Lipinski definition) is 3. The Kier molecular flexibility index (Phi) is 6.30. The van der Waals surface area contributed by atoms with E-state index in [2.05, 4.69) is 20.2 Å². The van der Waals surface area contributed by atoms with Crippen LogP contribution in [0.4, 0.5) is 21.9 Å². The van der Waals surface area contributed by atoms with Crippen LogP contribution in [0.1, 0.15) is 11.4 Å². The summed E-state index contributed by atoms with van der Waals surface area (Å²) in [7, 11) is 0. The van der Waals surface area contributed by atoms with E-state index in [0.717, 1.165) is 11.4 Å². The average Bonchev–Trinajstić information content (AvgIpc) is 2.79. The number of barbiturate groups is 1. The number of carbonyl (C=O) groups excluding carboxylic acids is 3. The van der Waals surface area contributed by atoms with Crippen LogP contribution < -0.4 is 21.3 Å². The predicted molar refractivity (Wildman–Crippen MR) is 119 cm³/mol. The molecule has 2 aromatic heterocycles. The summed E-state index contributed by atoms with van der Waals surface area (Å²) in [5, 5.41) is 12.0. The first kappa shape index (κ1) is 21.6. The highest BCUT2D eigenvalue weighted by atomic mass is 16.2. The van der Waals surface area contributed by atoms with Gasteiger partial charge in [0.1, 0.15) is 5.69 Å². The van der Waals surface area contributed by atoms with Crippen LogP contribution in [0.25, 0.3) is 0 Å². The van der Waals surface area contributed by atoms with E-state index in [0.29, 0.717) is 30.2 Å². The molecule has 11 heteroatoms. The lowest BCUT2D eigenvalue weighted by molar-refractivity contribution is -0.131. The van der Waals surface area contributed by atoms with E-state index >= 15 is 0 Å². The minimum atomic E-state index is -1.49. The minimum absolute atomic E-state index is 0.347. The van der Waals surface area contributed by atoms with Crippen molar-refractivity contribution in [3.05, 3.63) is 78.4 Å². The van der Waals surface area contributed by atoms with E-state index in [1.54, 1.807) is 30.6 Å². The summed E-state index contributed by atoms with van der Waals surface area (Å²) in [6, 6.07) is 14.0. The Morgan fingerprint density at radius 3 is 2.03 bits per heavy atom. The Labute approximate surface area is 188 Å². The van der Waals surface area contributed by atoms with Gasteiger partial charge in [-0.15, -0.1) is 0 Å². The number of carbonyl (C=O) groups is 3. The Morgan fingerprint density at radius 1 is 0.879 bits per heavy atom. The highest BCUT2D eigenvalue weighted by Crippen LogP contribution is 2.33. The zero-order valence-electron chi connectivity index (χ0n) is 17.4. The molecule has 0 bridgehead atoms. The standard InChI is InChI=1S/C22H20N8O3/c23-14-7-8-18(17(11-14)28-29-19-20(31)26-22(33)27-21(19)32)30(12-15-5-1-3-9-24-15)13-16-6-2-4-10-25-16/h1-11,19H,12-13,23H2,(H2,26,27,31,32,33)/b29-28+. The first-order chi connectivity index (χ1) is 16.0. The van der Waals surface area contributed by atoms with E-state index in [4.69, 9.17) is 5.73 Å². The van der Waals surface area contributed by atoms with Gasteiger partial charge in [-0.1, -0.05) is 12.1 Å². The summed E-state index contributed by atoms with van der Waals surface area (Å²) in [4.78, 5) is 46.1. The fraction of sp³-hybridized carbons (Fsp3) is 0.136. The zero-order valence-corrected chi connectivity index (χ0v) is 17.4. The largest absolute Gasteiger partial charge is 0.399 e. The van der Waals surface area contributed by atoms with Gasteiger partial charge in [-0.05, 0) is 42.5 Å². The molecule has 4 rings (SSSR count). The molecule has 1 fully saturated rings. The summed E-state index contributed by atoms with van der Waals surface area (Å²) < 4.78 is 0. The van der Waals surface area contributed by atoms with Crippen LogP contribution in [0.5, 0.6) is 0 Å². The SMILES string of the molecule is Nc1ccc(N(Cc2ccccn2)Cc2ccccn2)c(/N=N/C2C(=O)NC(=O)NC2=O)c1. The molecule has 166 valence electrons. The third-order valence-electron chi connectivity index (χ3n) is 4.75. The molecule has 1 aliphatic heterocycles. The highest BCUT2D eigenvalue weighted by Gasteiger charge is 2.34. The van der Waals surface area contributed by atoms with Gasteiger partial charge in [0.15, 0.2) is 0 Å². The minimum Gasteiger partial charge on any atom is -0.399 e. The van der Waals surface area contributed by atoms with Gasteiger partial charge in [0.05, 0.1) is 30.2 Å². The lowest BCUT2D eigenvalue weighted by atomic mass is 10.2. The van der Waals surface area contributed by atoms with Crippen molar-refractivity contribution in [2.45, 2.75) is 19.1 Å². The number of amides is 4. The molecular formula is C22H20N8O3. The summed E-state index contributed by atoms with van der Waals surface area (Å²) in [6.45, 7) is 0.867. The molecule has 0 aliphatic carbocycles. The number of nitrogens with two attached hydrogens (primary N) is 1. The van der Waals surface area contributed by atoms with Crippen molar-refractivity contribution in [2.24, 2.45) is 10.2 Å². The van der Waals surface area contributed by atoms with Crippen molar-refractivity contribution in [1.82, 2.24) is 20.6 Å². The molecule has 3 heterocycles. The second-order valence-corrected chi connectivity index (χ2v) is 7.17. The second-order valence-electron chi connectivity index (χ2n) is 7.17. The van der Waals surface area contributed by atoms with Crippen LogP contribution in [0.3, 0.4) is 0 Å². The molecule has 3 aromatic rings. The highest BCUT2D eigenvalue weighted by molar-refractivity contribution is 6.18. The Bertz CT molecular complexity index is 1140. The Balaban J connectivity index is 1.69. The summed E-state index contributed by atoms with van der Waals surface area (Å²) in [5.41, 5.74) is 9.02. The number of hydrogen-bond acceptors (Lipinski definition) is 9. The molecule has 1 aliphatic rings. The van der Waals surface area contributed by atoms with Crippen molar-refractivity contribution in [3.63, 3.8) is 0 Å². The normalized spacial score (nSPS) is 14.2. The number of imide groups is 2. The number of aromatic nitrogens is 2. The molecule has 0 unspecified atom stereocenters. The number of anilines is 2. The van der Waals surface area contributed by atoms with Gasteiger partial charge in [-0.3, -0.25) is 30.2 Å². The van der Waals surface area contributed by atoms with Crippen LogP contribution in [-0.2, 0) is 22.7 Å². The van der Waals surface area contributed by atoms with Gasteiger partial charge in [-0.2, -0.15) is 10.2 Å². The van der Waals surface area contributed by atoms with Crippen LogP contribution in [0, 0.1) is 0 Å². The number of urea groups is 1. The fourth-order valence-electron chi connectivity index (χ4n) is 3.22. The molecule has 1 aromatic carbocycles. The van der Waals surface area contributed by atoms with Gasteiger partial charge < -0.3 is 10.6 Å². The first-order valence-corrected chi connectivity index (χ1v) is 10.0. The zero-order chi connectivity index (χ0) is 23.2. The number of nitrogens with one attached hydrogen (secondary N) is 2. The fourth-order valence-corrected chi connectivity index (χ4v) is 3.22. The molecule has 0 radical (unpaired) electrons. The van der Waals surface area contributed by atoms with Crippen LogP contribution in [0.2, 0.25) is 0 Å². The number of pyridine rings is 2. The molecular weight excluding hydrogens is 424 g/mol. The summed E-state index contributed by atoms with van der Waals surface area (Å²) in [6.07, 6.45) is 3.42. The van der Waals surface area contributed by atoms with Crippen molar-refractivity contribution < 1.29 is 14.4 Å². The molecule has 0 spiro atoms. The van der Waals surface area contributed by atoms with Crippen molar-refractivity contribution in [1.29, 1.82) is 0 Å². The van der Waals surface area contributed by atoms with Gasteiger partial charge in [0.25, 0.3) is 11.8 Å².